The summed E-state index contributed by atoms with van der Waals surface area (Å²) in [7, 11) is 0. The fourth-order valence-electron chi connectivity index (χ4n) is 2.29. The lowest BCUT2D eigenvalue weighted by molar-refractivity contribution is -0.127. The highest BCUT2D eigenvalue weighted by Gasteiger charge is 2.48. The Morgan fingerprint density at radius 1 is 1.58 bits per heavy atom. The Bertz CT molecular complexity index is 189. The maximum Gasteiger partial charge on any atom is 0.150 e. The second-order valence-corrected chi connectivity index (χ2v) is 4.27. The van der Waals surface area contributed by atoms with Crippen LogP contribution in [0.2, 0.25) is 0 Å². The van der Waals surface area contributed by atoms with Crippen molar-refractivity contribution in [3.8, 4) is 0 Å². The molecule has 0 amide bonds. The molecule has 12 heavy (non-hydrogen) atoms. The highest BCUT2D eigenvalue weighted by Crippen LogP contribution is 2.51. The maximum absolute atomic E-state index is 11.2. The number of halogens is 1. The number of alkyl halides is 1. The van der Waals surface area contributed by atoms with Crippen LogP contribution in [-0.4, -0.2) is 24.9 Å². The number of ketones is 1. The smallest absolute Gasteiger partial charge is 0.150 e. The molecule has 3 heteroatoms. The van der Waals surface area contributed by atoms with Crippen molar-refractivity contribution in [2.24, 2.45) is 11.3 Å². The summed E-state index contributed by atoms with van der Waals surface area (Å²) in [5, 5.41) is 0. The molecule has 0 atom stereocenters. The summed E-state index contributed by atoms with van der Waals surface area (Å²) in [6.45, 7) is 1.74. The summed E-state index contributed by atoms with van der Waals surface area (Å²) in [6, 6.07) is 0. The molecular weight excluding hydrogens is 176 g/mol. The van der Waals surface area contributed by atoms with Gasteiger partial charge in [0.1, 0.15) is 0 Å². The first-order chi connectivity index (χ1) is 5.76. The average molecular weight is 189 g/mol. The number of carbonyl (C=O) groups is 1. The largest absolute Gasteiger partial charge is 0.381 e. The Morgan fingerprint density at radius 3 is 2.83 bits per heavy atom. The van der Waals surface area contributed by atoms with Crippen molar-refractivity contribution in [3.05, 3.63) is 0 Å². The van der Waals surface area contributed by atoms with Crippen LogP contribution >= 0.6 is 11.6 Å². The molecule has 0 unspecified atom stereocenters. The van der Waals surface area contributed by atoms with E-state index in [2.05, 4.69) is 0 Å². The van der Waals surface area contributed by atoms with Crippen molar-refractivity contribution < 1.29 is 9.53 Å². The summed E-state index contributed by atoms with van der Waals surface area (Å²) >= 11 is 5.47. The summed E-state index contributed by atoms with van der Waals surface area (Å²) in [6.07, 6.45) is 3.16. The second-order valence-electron chi connectivity index (χ2n) is 4.01. The number of hydrogen-bond donors (Lipinski definition) is 0. The SMILES string of the molecule is O=C(CCl)C1CC2(CCOC2)C1. The van der Waals surface area contributed by atoms with E-state index in [1.807, 2.05) is 0 Å². The first-order valence-electron chi connectivity index (χ1n) is 4.42. The van der Waals surface area contributed by atoms with Crippen molar-refractivity contribution in [1.29, 1.82) is 0 Å². The molecule has 0 aromatic rings. The second kappa shape index (κ2) is 3.00. The Kier molecular flexibility index (Phi) is 2.13. The van der Waals surface area contributed by atoms with E-state index in [9.17, 15) is 4.79 Å². The summed E-state index contributed by atoms with van der Waals surface area (Å²) in [5.41, 5.74) is 0.367. The molecule has 0 radical (unpaired) electrons. The van der Waals surface area contributed by atoms with Gasteiger partial charge in [0.25, 0.3) is 0 Å². The predicted octanol–water partition coefficient (Wildman–Crippen LogP) is 1.61. The molecule has 2 aliphatic rings. The first kappa shape index (κ1) is 8.52. The number of Topliss-reactive ketones (excluding diaryl/α,β-unsaturated/α-hetero) is 1. The van der Waals surface area contributed by atoms with Gasteiger partial charge in [-0.1, -0.05) is 0 Å². The molecule has 2 rings (SSSR count). The van der Waals surface area contributed by atoms with Crippen LogP contribution in [-0.2, 0) is 9.53 Å². The molecule has 1 heterocycles. The minimum Gasteiger partial charge on any atom is -0.381 e. The fourth-order valence-corrected chi connectivity index (χ4v) is 2.51. The lowest BCUT2D eigenvalue weighted by atomic mass is 9.60. The van der Waals surface area contributed by atoms with Crippen LogP contribution in [0.25, 0.3) is 0 Å². The maximum atomic E-state index is 11.2. The number of hydrogen-bond acceptors (Lipinski definition) is 2. The topological polar surface area (TPSA) is 26.3 Å². The molecule has 0 aromatic heterocycles. The van der Waals surface area contributed by atoms with Crippen LogP contribution in [0, 0.1) is 11.3 Å². The average Bonchev–Trinajstić information content (AvgIpc) is 2.48. The van der Waals surface area contributed by atoms with Gasteiger partial charge >= 0.3 is 0 Å². The zero-order valence-corrected chi connectivity index (χ0v) is 7.77. The number of ether oxygens (including phenoxy) is 1. The predicted molar refractivity (Wildman–Crippen MR) is 46.3 cm³/mol. The molecule has 1 saturated heterocycles. The highest BCUT2D eigenvalue weighted by atomic mass is 35.5. The molecule has 1 spiro atoms. The monoisotopic (exact) mass is 188 g/mol. The van der Waals surface area contributed by atoms with Gasteiger partial charge in [-0.05, 0) is 24.7 Å². The van der Waals surface area contributed by atoms with Crippen molar-refractivity contribution in [2.45, 2.75) is 19.3 Å². The molecule has 2 nitrogen and oxygen atoms in total. The Hall–Kier alpha value is -0.0800. The van der Waals surface area contributed by atoms with Crippen LogP contribution in [0.3, 0.4) is 0 Å². The standard InChI is InChI=1S/C9H13ClO2/c10-5-8(11)7-3-9(4-7)1-2-12-6-9/h7H,1-6H2. The molecule has 0 aromatic carbocycles. The van der Waals surface area contributed by atoms with Gasteiger partial charge in [0.05, 0.1) is 12.5 Å². The van der Waals surface area contributed by atoms with Gasteiger partial charge in [0.2, 0.25) is 0 Å². The van der Waals surface area contributed by atoms with Gasteiger partial charge in [-0.25, -0.2) is 0 Å². The Labute approximate surface area is 77.2 Å². The van der Waals surface area contributed by atoms with E-state index < -0.39 is 0 Å². The Balaban J connectivity index is 1.86. The van der Waals surface area contributed by atoms with Crippen molar-refractivity contribution in [2.75, 3.05) is 19.1 Å². The van der Waals surface area contributed by atoms with Crippen molar-refractivity contribution in [3.63, 3.8) is 0 Å². The van der Waals surface area contributed by atoms with E-state index in [4.69, 9.17) is 16.3 Å². The molecule has 1 aliphatic carbocycles. The molecule has 1 aliphatic heterocycles. The van der Waals surface area contributed by atoms with E-state index in [1.54, 1.807) is 0 Å². The van der Waals surface area contributed by atoms with Crippen LogP contribution in [0.5, 0.6) is 0 Å². The molecule has 1 saturated carbocycles. The number of carbonyl (C=O) groups excluding carboxylic acids is 1. The van der Waals surface area contributed by atoms with Gasteiger partial charge in [0.15, 0.2) is 5.78 Å². The molecule has 0 bridgehead atoms. The van der Waals surface area contributed by atoms with E-state index in [0.717, 1.165) is 32.5 Å². The first-order valence-corrected chi connectivity index (χ1v) is 4.96. The molecule has 68 valence electrons. The molecular formula is C9H13ClO2. The van der Waals surface area contributed by atoms with Gasteiger partial charge in [-0.2, -0.15) is 0 Å². The minimum absolute atomic E-state index is 0.182. The Morgan fingerprint density at radius 2 is 2.33 bits per heavy atom. The fraction of sp³-hybridized carbons (Fsp3) is 0.889. The molecule has 0 N–H and O–H groups in total. The third kappa shape index (κ3) is 1.27. The van der Waals surface area contributed by atoms with Crippen molar-refractivity contribution in [1.82, 2.24) is 0 Å². The lowest BCUT2D eigenvalue weighted by Gasteiger charge is -2.43. The third-order valence-electron chi connectivity index (χ3n) is 3.13. The number of rotatable bonds is 2. The van der Waals surface area contributed by atoms with Crippen molar-refractivity contribution >= 4 is 17.4 Å². The third-order valence-corrected chi connectivity index (χ3v) is 3.39. The van der Waals surface area contributed by atoms with E-state index in [1.165, 1.54) is 0 Å². The van der Waals surface area contributed by atoms with Gasteiger partial charge in [0, 0.05) is 12.5 Å². The van der Waals surface area contributed by atoms with Gasteiger partial charge in [-0.3, -0.25) is 4.79 Å². The zero-order chi connectivity index (χ0) is 8.60. The molecule has 2 fully saturated rings. The minimum atomic E-state index is 0.182. The van der Waals surface area contributed by atoms with E-state index in [-0.39, 0.29) is 17.6 Å². The highest BCUT2D eigenvalue weighted by molar-refractivity contribution is 6.28. The van der Waals surface area contributed by atoms with Gasteiger partial charge < -0.3 is 4.74 Å². The summed E-state index contributed by atoms with van der Waals surface area (Å²) in [4.78, 5) is 11.2. The lowest BCUT2D eigenvalue weighted by Crippen LogP contribution is -2.41. The van der Waals surface area contributed by atoms with Crippen LogP contribution in [0.1, 0.15) is 19.3 Å². The summed E-state index contributed by atoms with van der Waals surface area (Å²) in [5.74, 6) is 0.639. The van der Waals surface area contributed by atoms with E-state index >= 15 is 0 Å². The summed E-state index contributed by atoms with van der Waals surface area (Å²) < 4.78 is 5.32. The zero-order valence-electron chi connectivity index (χ0n) is 7.01. The normalized spacial score (nSPS) is 39.9. The van der Waals surface area contributed by atoms with E-state index in [0.29, 0.717) is 5.41 Å². The van der Waals surface area contributed by atoms with Crippen LogP contribution in [0.4, 0.5) is 0 Å². The van der Waals surface area contributed by atoms with Crippen LogP contribution in [0.15, 0.2) is 0 Å². The quantitative estimate of drug-likeness (QED) is 0.616. The van der Waals surface area contributed by atoms with Crippen LogP contribution < -0.4 is 0 Å². The van der Waals surface area contributed by atoms with Gasteiger partial charge in [-0.15, -0.1) is 11.6 Å².